The molecular formula is C19H30FNO3. The Balaban J connectivity index is 0.000000230. The molecule has 1 aromatic carbocycles. The normalized spacial score (nSPS) is 19.9. The van der Waals surface area contributed by atoms with Crippen LogP contribution in [0, 0.1) is 5.92 Å². The third-order valence-corrected chi connectivity index (χ3v) is 4.32. The van der Waals surface area contributed by atoms with Crippen molar-refractivity contribution in [3.05, 3.63) is 30.5 Å². The summed E-state index contributed by atoms with van der Waals surface area (Å²) in [6, 6.07) is 7.13. The van der Waals surface area contributed by atoms with Gasteiger partial charge in [0.05, 0.1) is 19.9 Å². The number of rotatable bonds is 3. The zero-order valence-electron chi connectivity index (χ0n) is 14.9. The first-order valence-corrected chi connectivity index (χ1v) is 8.43. The fraction of sp³-hybridized carbons (Fsp3) is 0.579. The lowest BCUT2D eigenvalue weighted by molar-refractivity contribution is 0.0542. The van der Waals surface area contributed by atoms with E-state index in [9.17, 15) is 9.50 Å². The Morgan fingerprint density at radius 1 is 1.25 bits per heavy atom. The topological polar surface area (TPSA) is 54.6 Å². The molecule has 1 aliphatic carbocycles. The third-order valence-electron chi connectivity index (χ3n) is 4.32. The lowest BCUT2D eigenvalue weighted by Crippen LogP contribution is -2.19. The first-order chi connectivity index (χ1) is 11.6. The Bertz CT molecular complexity index is 585. The molecule has 1 aliphatic rings. The van der Waals surface area contributed by atoms with E-state index in [1.54, 1.807) is 12.1 Å². The highest BCUT2D eigenvalue weighted by Crippen LogP contribution is 2.24. The Hall–Kier alpha value is -1.59. The average molecular weight is 339 g/mol. The van der Waals surface area contributed by atoms with Crippen LogP contribution in [-0.4, -0.2) is 41.8 Å². The minimum atomic E-state index is 0.130. The van der Waals surface area contributed by atoms with Crippen LogP contribution in [0.15, 0.2) is 30.5 Å². The number of methoxy groups -OCH3 is 1. The van der Waals surface area contributed by atoms with Crippen molar-refractivity contribution in [1.82, 2.24) is 4.57 Å². The van der Waals surface area contributed by atoms with Crippen LogP contribution in [0.2, 0.25) is 0 Å². The minimum absolute atomic E-state index is 0.130. The lowest BCUT2D eigenvalue weighted by Gasteiger charge is -2.25. The van der Waals surface area contributed by atoms with Gasteiger partial charge in [0.15, 0.2) is 0 Å². The first-order valence-electron chi connectivity index (χ1n) is 8.43. The summed E-state index contributed by atoms with van der Waals surface area (Å²) in [5.41, 5.74) is 1.03. The Morgan fingerprint density at radius 2 is 2.00 bits per heavy atom. The quantitative estimate of drug-likeness (QED) is 0.884. The molecule has 5 heteroatoms. The second kappa shape index (κ2) is 11.0. The van der Waals surface area contributed by atoms with Crippen LogP contribution in [0.3, 0.4) is 0 Å². The van der Waals surface area contributed by atoms with E-state index in [1.165, 1.54) is 25.7 Å². The number of aromatic hydroxyl groups is 1. The van der Waals surface area contributed by atoms with Crippen LogP contribution >= 0.6 is 0 Å². The smallest absolute Gasteiger partial charge is 0.116 e. The molecule has 2 atom stereocenters. The summed E-state index contributed by atoms with van der Waals surface area (Å²) in [4.78, 5) is 0. The van der Waals surface area contributed by atoms with Crippen molar-refractivity contribution in [1.29, 1.82) is 0 Å². The summed E-state index contributed by atoms with van der Waals surface area (Å²) in [5.74, 6) is 1.16. The van der Waals surface area contributed by atoms with Crippen LogP contribution in [0.5, 0.6) is 5.75 Å². The highest BCUT2D eigenvalue weighted by atomic mass is 19.1. The molecule has 2 aromatic rings. The van der Waals surface area contributed by atoms with Crippen LogP contribution in [0.4, 0.5) is 4.39 Å². The van der Waals surface area contributed by atoms with Crippen molar-refractivity contribution < 1.29 is 19.3 Å². The number of fused-ring (bicyclic) bond motifs is 1. The fourth-order valence-electron chi connectivity index (χ4n) is 3.08. The summed E-state index contributed by atoms with van der Waals surface area (Å²) in [6.45, 7) is 3.03. The molecule has 1 aromatic heterocycles. The number of nitrogens with zero attached hydrogens (tertiary/aromatic N) is 1. The lowest BCUT2D eigenvalue weighted by atomic mass is 9.89. The Labute approximate surface area is 143 Å². The van der Waals surface area contributed by atoms with Crippen molar-refractivity contribution in [2.75, 3.05) is 20.9 Å². The van der Waals surface area contributed by atoms with Gasteiger partial charge in [-0.15, -0.1) is 0 Å². The number of aromatic nitrogens is 1. The predicted octanol–water partition coefficient (Wildman–Crippen LogP) is 4.14. The van der Waals surface area contributed by atoms with Crippen LogP contribution < -0.4 is 0 Å². The molecular weight excluding hydrogens is 309 g/mol. The summed E-state index contributed by atoms with van der Waals surface area (Å²) in [7, 11) is 2.32. The number of alkyl halides is 1. The van der Waals surface area contributed by atoms with Crippen molar-refractivity contribution in [2.45, 2.75) is 45.3 Å². The van der Waals surface area contributed by atoms with E-state index in [-0.39, 0.29) is 12.4 Å². The molecule has 0 amide bonds. The summed E-state index contributed by atoms with van der Waals surface area (Å²) < 4.78 is 16.7. The maximum atomic E-state index is 9.50. The summed E-state index contributed by atoms with van der Waals surface area (Å²) >= 11 is 0. The molecule has 0 saturated heterocycles. The van der Waals surface area contributed by atoms with Crippen molar-refractivity contribution in [3.63, 3.8) is 0 Å². The number of halogens is 1. The van der Waals surface area contributed by atoms with Crippen LogP contribution in [0.1, 0.15) is 32.6 Å². The molecule has 3 rings (SSSR count). The van der Waals surface area contributed by atoms with Gasteiger partial charge < -0.3 is 19.5 Å². The largest absolute Gasteiger partial charge is 0.508 e. The van der Waals surface area contributed by atoms with Gasteiger partial charge in [0.1, 0.15) is 5.75 Å². The summed E-state index contributed by atoms with van der Waals surface area (Å²) in [5, 5.41) is 19.0. The van der Waals surface area contributed by atoms with Gasteiger partial charge in [0.2, 0.25) is 0 Å². The molecule has 1 saturated carbocycles. The van der Waals surface area contributed by atoms with E-state index in [0.717, 1.165) is 16.8 Å². The molecule has 0 bridgehead atoms. The van der Waals surface area contributed by atoms with Crippen LogP contribution in [-0.2, 0) is 11.3 Å². The molecule has 2 unspecified atom stereocenters. The van der Waals surface area contributed by atoms with Gasteiger partial charge >= 0.3 is 0 Å². The number of hydrogen-bond acceptors (Lipinski definition) is 3. The molecule has 2 N–H and O–H groups in total. The van der Waals surface area contributed by atoms with E-state index >= 15 is 0 Å². The zero-order chi connectivity index (χ0) is 17.9. The van der Waals surface area contributed by atoms with E-state index in [4.69, 9.17) is 9.84 Å². The molecule has 1 fully saturated rings. The van der Waals surface area contributed by atoms with Crippen LogP contribution in [0.25, 0.3) is 10.9 Å². The number of aliphatic hydroxyl groups is 1. The Morgan fingerprint density at radius 3 is 2.58 bits per heavy atom. The van der Waals surface area contributed by atoms with Gasteiger partial charge in [0.25, 0.3) is 0 Å². The second-order valence-corrected chi connectivity index (χ2v) is 6.11. The highest BCUT2D eigenvalue weighted by molar-refractivity contribution is 5.81. The van der Waals surface area contributed by atoms with Gasteiger partial charge in [-0.05, 0) is 43.0 Å². The van der Waals surface area contributed by atoms with E-state index in [1.807, 2.05) is 30.0 Å². The van der Waals surface area contributed by atoms with Crippen molar-refractivity contribution in [3.8, 4) is 5.75 Å². The maximum absolute atomic E-state index is 9.50. The van der Waals surface area contributed by atoms with Gasteiger partial charge in [0, 0.05) is 30.8 Å². The maximum Gasteiger partial charge on any atom is 0.116 e. The number of ether oxygens (including phenoxy) is 1. The minimum Gasteiger partial charge on any atom is -0.508 e. The molecule has 4 nitrogen and oxygen atoms in total. The average Bonchev–Trinajstić information content (AvgIpc) is 2.99. The molecule has 0 aliphatic heterocycles. The molecule has 0 radical (unpaired) electrons. The first kappa shape index (κ1) is 20.5. The standard InChI is InChI=1S/C10H11NO2.C8H16O.CH3F/c12-6-5-11-4-3-8-7-9(13)1-2-10(8)11;1-7-4-3-5-8(6-7)9-2;1-2/h1-4,7,12-13H,5-6H2;7-8H,3-6H2,1-2H3;1H3. The molecule has 24 heavy (non-hydrogen) atoms. The van der Waals surface area contributed by atoms with Gasteiger partial charge in [-0.2, -0.15) is 0 Å². The number of hydrogen-bond donors (Lipinski definition) is 2. The predicted molar refractivity (Wildman–Crippen MR) is 96.1 cm³/mol. The number of aliphatic hydroxyl groups excluding tert-OH is 1. The zero-order valence-corrected chi connectivity index (χ0v) is 14.9. The second-order valence-electron chi connectivity index (χ2n) is 6.11. The van der Waals surface area contributed by atoms with E-state index < -0.39 is 0 Å². The highest BCUT2D eigenvalue weighted by Gasteiger charge is 2.17. The number of benzene rings is 1. The van der Waals surface area contributed by atoms with Crippen molar-refractivity contribution in [2.24, 2.45) is 5.92 Å². The summed E-state index contributed by atoms with van der Waals surface area (Å²) in [6.07, 6.45) is 7.78. The SMILES string of the molecule is CF.COC1CCCC(C)C1.OCCn1ccc2cc(O)ccc21. The molecule has 136 valence electrons. The van der Waals surface area contributed by atoms with E-state index in [2.05, 4.69) is 6.92 Å². The number of phenols is 1. The monoisotopic (exact) mass is 339 g/mol. The molecule has 0 spiro atoms. The third kappa shape index (κ3) is 6.13. The van der Waals surface area contributed by atoms with Gasteiger partial charge in [-0.1, -0.05) is 19.8 Å². The Kier molecular flexibility index (Phi) is 9.42. The van der Waals surface area contributed by atoms with E-state index in [0.29, 0.717) is 19.8 Å². The van der Waals surface area contributed by atoms with Crippen molar-refractivity contribution >= 4 is 10.9 Å². The molecule has 1 heterocycles. The fourth-order valence-corrected chi connectivity index (χ4v) is 3.08. The van der Waals surface area contributed by atoms with Gasteiger partial charge in [-0.3, -0.25) is 4.39 Å². The number of phenolic OH excluding ortho intramolecular Hbond substituents is 1. The van der Waals surface area contributed by atoms with Gasteiger partial charge in [-0.25, -0.2) is 0 Å².